The maximum Gasteiger partial charge on any atom is 0.417 e. The molecule has 10 heteroatoms. The zero-order valence-electron chi connectivity index (χ0n) is 17.6. The van der Waals surface area contributed by atoms with Gasteiger partial charge in [-0.3, -0.25) is 0 Å². The molecule has 170 valence electrons. The Morgan fingerprint density at radius 3 is 2.31 bits per heavy atom. The molecule has 0 unspecified atom stereocenters. The zero-order valence-corrected chi connectivity index (χ0v) is 19.2. The van der Waals surface area contributed by atoms with Crippen LogP contribution in [0.1, 0.15) is 16.7 Å². The highest BCUT2D eigenvalue weighted by Crippen LogP contribution is 2.36. The Balaban J connectivity index is 1.49. The number of hydrogen-bond donors (Lipinski definition) is 0. The molecule has 5 nitrogen and oxygen atoms in total. The summed E-state index contributed by atoms with van der Waals surface area (Å²) >= 11 is 1.47. The summed E-state index contributed by atoms with van der Waals surface area (Å²) in [5.74, 6) is 0. The lowest BCUT2D eigenvalue weighted by molar-refractivity contribution is -0.139. The van der Waals surface area contributed by atoms with Gasteiger partial charge in [0.2, 0.25) is 10.0 Å². The number of aromatic nitrogens is 1. The quantitative estimate of drug-likeness (QED) is 0.529. The minimum atomic E-state index is -4.74. The van der Waals surface area contributed by atoms with Crippen LogP contribution in [0, 0.1) is 13.8 Å². The first-order chi connectivity index (χ1) is 15.1. The van der Waals surface area contributed by atoms with E-state index in [1.165, 1.54) is 34.6 Å². The van der Waals surface area contributed by atoms with Crippen molar-refractivity contribution < 1.29 is 21.6 Å². The molecule has 1 aliphatic heterocycles. The van der Waals surface area contributed by atoms with Gasteiger partial charge in [-0.2, -0.15) is 17.5 Å². The molecule has 1 fully saturated rings. The minimum absolute atomic E-state index is 0.0904. The summed E-state index contributed by atoms with van der Waals surface area (Å²) in [5, 5.41) is 2.73. The van der Waals surface area contributed by atoms with Crippen LogP contribution >= 0.6 is 11.3 Å². The lowest BCUT2D eigenvalue weighted by Gasteiger charge is -2.34. The van der Waals surface area contributed by atoms with Crippen LogP contribution in [-0.2, 0) is 16.2 Å². The molecule has 0 saturated carbocycles. The van der Waals surface area contributed by atoms with Crippen LogP contribution in [0.25, 0.3) is 11.3 Å². The molecule has 0 spiro atoms. The van der Waals surface area contributed by atoms with E-state index in [9.17, 15) is 21.6 Å². The first-order valence-electron chi connectivity index (χ1n) is 10.0. The molecule has 32 heavy (non-hydrogen) atoms. The fourth-order valence-corrected chi connectivity index (χ4v) is 6.15. The van der Waals surface area contributed by atoms with Crippen molar-refractivity contribution in [1.82, 2.24) is 9.29 Å². The number of hydrogen-bond acceptors (Lipinski definition) is 5. The molecule has 0 N–H and O–H groups in total. The van der Waals surface area contributed by atoms with E-state index in [4.69, 9.17) is 4.98 Å². The smallest absolute Gasteiger partial charge is 0.345 e. The van der Waals surface area contributed by atoms with Gasteiger partial charge in [0.1, 0.15) is 0 Å². The number of alkyl halides is 3. The van der Waals surface area contributed by atoms with Crippen molar-refractivity contribution in [1.29, 1.82) is 0 Å². The van der Waals surface area contributed by atoms with Crippen molar-refractivity contribution in [3.63, 3.8) is 0 Å². The van der Waals surface area contributed by atoms with Crippen LogP contribution in [0.3, 0.4) is 0 Å². The van der Waals surface area contributed by atoms with Crippen molar-refractivity contribution in [2.45, 2.75) is 24.9 Å². The molecule has 2 aromatic carbocycles. The molecule has 0 amide bonds. The Morgan fingerprint density at radius 1 is 0.969 bits per heavy atom. The third-order valence-electron chi connectivity index (χ3n) is 5.61. The number of sulfonamides is 1. The lowest BCUT2D eigenvalue weighted by Crippen LogP contribution is -2.48. The van der Waals surface area contributed by atoms with Gasteiger partial charge in [0, 0.05) is 37.1 Å². The molecule has 4 rings (SSSR count). The van der Waals surface area contributed by atoms with E-state index < -0.39 is 26.7 Å². The average Bonchev–Trinajstić information content (AvgIpc) is 3.25. The number of aryl methyl sites for hydroxylation is 2. The van der Waals surface area contributed by atoms with E-state index in [-0.39, 0.29) is 13.1 Å². The van der Waals surface area contributed by atoms with Gasteiger partial charge in [-0.15, -0.1) is 11.3 Å². The van der Waals surface area contributed by atoms with Crippen LogP contribution in [-0.4, -0.2) is 43.9 Å². The molecule has 0 radical (unpaired) electrons. The average molecular weight is 482 g/mol. The summed E-state index contributed by atoms with van der Waals surface area (Å²) in [6.07, 6.45) is -4.74. The Labute approximate surface area is 189 Å². The summed E-state index contributed by atoms with van der Waals surface area (Å²) in [6.45, 7) is 4.98. The van der Waals surface area contributed by atoms with E-state index in [2.05, 4.69) is 6.07 Å². The second-order valence-corrected chi connectivity index (χ2v) is 10.4. The lowest BCUT2D eigenvalue weighted by atomic mass is 10.1. The van der Waals surface area contributed by atoms with E-state index in [1.54, 1.807) is 0 Å². The topological polar surface area (TPSA) is 53.5 Å². The first-order valence-corrected chi connectivity index (χ1v) is 12.3. The Kier molecular flexibility index (Phi) is 6.04. The normalized spacial score (nSPS) is 15.8. The fourth-order valence-electron chi connectivity index (χ4n) is 3.63. The highest BCUT2D eigenvalue weighted by Gasteiger charge is 2.39. The summed E-state index contributed by atoms with van der Waals surface area (Å²) in [4.78, 5) is 5.96. The van der Waals surface area contributed by atoms with Gasteiger partial charge < -0.3 is 4.90 Å². The number of halogens is 3. The van der Waals surface area contributed by atoms with Crippen LogP contribution < -0.4 is 4.90 Å². The first kappa shape index (κ1) is 22.8. The maximum absolute atomic E-state index is 13.3. The van der Waals surface area contributed by atoms with Gasteiger partial charge >= 0.3 is 6.18 Å². The molecule has 0 bridgehead atoms. The van der Waals surface area contributed by atoms with Crippen LogP contribution in [0.2, 0.25) is 0 Å². The molecule has 3 aromatic rings. The van der Waals surface area contributed by atoms with Crippen molar-refractivity contribution in [3.05, 3.63) is 64.5 Å². The van der Waals surface area contributed by atoms with Gasteiger partial charge in [0.25, 0.3) is 0 Å². The molecular weight excluding hydrogens is 459 g/mol. The molecule has 0 atom stereocenters. The van der Waals surface area contributed by atoms with Crippen LogP contribution in [0.15, 0.2) is 52.7 Å². The van der Waals surface area contributed by atoms with Gasteiger partial charge in [-0.1, -0.05) is 24.3 Å². The Bertz CT molecular complexity index is 1230. The second kappa shape index (κ2) is 8.49. The maximum atomic E-state index is 13.3. The Hall–Kier alpha value is -2.43. The third-order valence-corrected chi connectivity index (χ3v) is 8.47. The summed E-state index contributed by atoms with van der Waals surface area (Å²) < 4.78 is 67.0. The molecule has 1 aromatic heterocycles. The number of benzene rings is 2. The summed E-state index contributed by atoms with van der Waals surface area (Å²) in [7, 11) is -4.26. The standard InChI is InChI=1S/C22H22F3N3O2S2/c1-15-7-8-17(13-16(15)2)19-14-31-21(26-19)27-9-11-28(12-10-27)32(29,30)20-6-4-3-5-18(20)22(23,24)25/h3-8,13-14H,9-12H2,1-2H3. The van der Waals surface area contributed by atoms with Crippen molar-refractivity contribution >= 4 is 26.5 Å². The Morgan fingerprint density at radius 2 is 1.66 bits per heavy atom. The molecule has 1 aliphatic rings. The largest absolute Gasteiger partial charge is 0.417 e. The molecule has 1 saturated heterocycles. The fraction of sp³-hybridized carbons (Fsp3) is 0.318. The second-order valence-electron chi connectivity index (χ2n) is 7.70. The highest BCUT2D eigenvalue weighted by atomic mass is 32.2. The minimum Gasteiger partial charge on any atom is -0.345 e. The van der Waals surface area contributed by atoms with Crippen molar-refractivity contribution in [3.8, 4) is 11.3 Å². The third kappa shape index (κ3) is 4.39. The molecular formula is C22H22F3N3O2S2. The van der Waals surface area contributed by atoms with E-state index in [1.807, 2.05) is 36.3 Å². The number of piperazine rings is 1. The summed E-state index contributed by atoms with van der Waals surface area (Å²) in [5.41, 5.74) is 3.10. The van der Waals surface area contributed by atoms with Gasteiger partial charge in [0.05, 0.1) is 16.2 Å². The van der Waals surface area contributed by atoms with Crippen LogP contribution in [0.4, 0.5) is 18.3 Å². The number of nitrogens with zero attached hydrogens (tertiary/aromatic N) is 3. The van der Waals surface area contributed by atoms with Crippen LogP contribution in [0.5, 0.6) is 0 Å². The van der Waals surface area contributed by atoms with E-state index in [0.29, 0.717) is 13.1 Å². The van der Waals surface area contributed by atoms with Crippen molar-refractivity contribution in [2.24, 2.45) is 0 Å². The summed E-state index contributed by atoms with van der Waals surface area (Å²) in [6, 6.07) is 10.5. The van der Waals surface area contributed by atoms with Gasteiger partial charge in [-0.25, -0.2) is 13.4 Å². The predicted molar refractivity (Wildman–Crippen MR) is 119 cm³/mol. The van der Waals surface area contributed by atoms with E-state index >= 15 is 0 Å². The number of anilines is 1. The molecule has 0 aliphatic carbocycles. The highest BCUT2D eigenvalue weighted by molar-refractivity contribution is 7.89. The monoisotopic (exact) mass is 481 g/mol. The van der Waals surface area contributed by atoms with Crippen molar-refractivity contribution in [2.75, 3.05) is 31.1 Å². The van der Waals surface area contributed by atoms with Gasteiger partial charge in [-0.05, 0) is 43.2 Å². The molecule has 2 heterocycles. The van der Waals surface area contributed by atoms with Gasteiger partial charge in [0.15, 0.2) is 5.13 Å². The zero-order chi connectivity index (χ0) is 23.1. The predicted octanol–water partition coefficient (Wildman–Crippen LogP) is 4.96. The SMILES string of the molecule is Cc1ccc(-c2csc(N3CCN(S(=O)(=O)c4ccccc4C(F)(F)F)CC3)n2)cc1C. The van der Waals surface area contributed by atoms with E-state index in [0.717, 1.165) is 32.8 Å². The number of thiazole rings is 1. The number of rotatable bonds is 4.